The fourth-order valence-corrected chi connectivity index (χ4v) is 1.06. The van der Waals surface area contributed by atoms with E-state index < -0.39 is 0 Å². The van der Waals surface area contributed by atoms with Crippen LogP contribution in [-0.4, -0.2) is 21.9 Å². The molecule has 66 valence electrons. The molecule has 4 nitrogen and oxygen atoms in total. The van der Waals surface area contributed by atoms with Gasteiger partial charge in [-0.3, -0.25) is 0 Å². The zero-order valence-corrected chi connectivity index (χ0v) is 7.21. The Bertz CT molecular complexity index is 384. The molecule has 0 aliphatic heterocycles. The smallest absolute Gasteiger partial charge is 0.156 e. The van der Waals surface area contributed by atoms with Crippen LogP contribution in [0.5, 0.6) is 5.75 Å². The van der Waals surface area contributed by atoms with Gasteiger partial charge in [-0.1, -0.05) is 0 Å². The molecule has 0 saturated heterocycles. The van der Waals surface area contributed by atoms with Gasteiger partial charge in [0.2, 0.25) is 0 Å². The normalized spacial score (nSPS) is 9.92. The molecular weight excluding hydrogens is 166 g/mol. The molecule has 13 heavy (non-hydrogen) atoms. The van der Waals surface area contributed by atoms with E-state index in [9.17, 15) is 0 Å². The van der Waals surface area contributed by atoms with Crippen LogP contribution in [0, 0.1) is 0 Å². The van der Waals surface area contributed by atoms with E-state index in [4.69, 9.17) is 4.74 Å². The Labute approximate surface area is 75.8 Å². The van der Waals surface area contributed by atoms with Crippen molar-refractivity contribution in [2.45, 2.75) is 0 Å². The predicted molar refractivity (Wildman–Crippen MR) is 47.9 cm³/mol. The third-order valence-electron chi connectivity index (χ3n) is 1.69. The summed E-state index contributed by atoms with van der Waals surface area (Å²) in [6.45, 7) is 0. The van der Waals surface area contributed by atoms with Crippen LogP contribution in [0.15, 0.2) is 36.8 Å². The molecule has 0 aliphatic carbocycles. The number of nitrogens with zero attached hydrogens (tertiary/aromatic N) is 3. The Balaban J connectivity index is 2.41. The van der Waals surface area contributed by atoms with Gasteiger partial charge >= 0.3 is 0 Å². The van der Waals surface area contributed by atoms with E-state index in [2.05, 4.69) is 10.1 Å². The highest BCUT2D eigenvalue weighted by atomic mass is 16.5. The lowest BCUT2D eigenvalue weighted by Gasteiger charge is -2.02. The molecule has 0 aromatic carbocycles. The fourth-order valence-electron chi connectivity index (χ4n) is 1.06. The highest BCUT2D eigenvalue weighted by molar-refractivity contribution is 5.31. The minimum atomic E-state index is 0.754. The number of methoxy groups -OCH3 is 1. The summed E-state index contributed by atoms with van der Waals surface area (Å²) in [5, 5.41) is 4.06. The predicted octanol–water partition coefficient (Wildman–Crippen LogP) is 1.28. The number of hydrogen-bond donors (Lipinski definition) is 0. The third kappa shape index (κ3) is 1.51. The van der Waals surface area contributed by atoms with Gasteiger partial charge < -0.3 is 4.74 Å². The maximum absolute atomic E-state index is 5.07. The lowest BCUT2D eigenvalue weighted by atomic mass is 10.4. The molecule has 2 aromatic rings. The minimum Gasteiger partial charge on any atom is -0.497 e. The van der Waals surface area contributed by atoms with Crippen molar-refractivity contribution in [2.75, 3.05) is 7.11 Å². The van der Waals surface area contributed by atoms with Gasteiger partial charge in [-0.15, -0.1) is 0 Å². The van der Waals surface area contributed by atoms with E-state index in [1.807, 2.05) is 18.3 Å². The van der Waals surface area contributed by atoms with Crippen LogP contribution in [0.3, 0.4) is 0 Å². The van der Waals surface area contributed by atoms with Crippen molar-refractivity contribution >= 4 is 0 Å². The van der Waals surface area contributed by atoms with Crippen LogP contribution in [0.2, 0.25) is 0 Å². The van der Waals surface area contributed by atoms with Crippen molar-refractivity contribution in [3.05, 3.63) is 36.8 Å². The molecule has 0 amide bonds. The Kier molecular flexibility index (Phi) is 1.96. The van der Waals surface area contributed by atoms with Crippen LogP contribution < -0.4 is 4.74 Å². The van der Waals surface area contributed by atoms with E-state index in [0.29, 0.717) is 0 Å². The summed E-state index contributed by atoms with van der Waals surface area (Å²) >= 11 is 0. The molecule has 0 fully saturated rings. The molecule has 0 aliphatic rings. The van der Waals surface area contributed by atoms with E-state index in [-0.39, 0.29) is 0 Å². The van der Waals surface area contributed by atoms with Crippen molar-refractivity contribution in [1.82, 2.24) is 14.8 Å². The molecule has 0 radical (unpaired) electrons. The molecule has 2 rings (SSSR count). The van der Waals surface area contributed by atoms with Gasteiger partial charge in [0, 0.05) is 24.7 Å². The highest BCUT2D eigenvalue weighted by Gasteiger charge is 1.98. The quantitative estimate of drug-likeness (QED) is 0.690. The number of ether oxygens (including phenoxy) is 1. The largest absolute Gasteiger partial charge is 0.497 e. The Hall–Kier alpha value is -1.84. The fraction of sp³-hybridized carbons (Fsp3) is 0.111. The summed E-state index contributed by atoms with van der Waals surface area (Å²) in [6, 6.07) is 5.47. The van der Waals surface area contributed by atoms with Gasteiger partial charge in [-0.05, 0) is 12.1 Å². The van der Waals surface area contributed by atoms with Gasteiger partial charge in [-0.25, -0.2) is 9.67 Å². The van der Waals surface area contributed by atoms with Gasteiger partial charge in [0.25, 0.3) is 0 Å². The van der Waals surface area contributed by atoms with Crippen molar-refractivity contribution < 1.29 is 4.74 Å². The SMILES string of the molecule is COc1ccnc(-n2cccn2)c1. The summed E-state index contributed by atoms with van der Waals surface area (Å²) < 4.78 is 6.75. The van der Waals surface area contributed by atoms with E-state index in [1.165, 1.54) is 0 Å². The summed E-state index contributed by atoms with van der Waals surface area (Å²) in [4.78, 5) is 4.15. The minimum absolute atomic E-state index is 0.754. The van der Waals surface area contributed by atoms with E-state index >= 15 is 0 Å². The standard InChI is InChI=1S/C9H9N3O/c1-13-8-3-5-10-9(7-8)12-6-2-4-11-12/h2-7H,1H3. The first kappa shape index (κ1) is 7.79. The molecule has 2 heterocycles. The first-order valence-corrected chi connectivity index (χ1v) is 3.90. The molecule has 0 bridgehead atoms. The van der Waals surface area contributed by atoms with Crippen LogP contribution in [0.4, 0.5) is 0 Å². The highest BCUT2D eigenvalue weighted by Crippen LogP contribution is 2.12. The first-order chi connectivity index (χ1) is 6.40. The topological polar surface area (TPSA) is 39.9 Å². The monoisotopic (exact) mass is 175 g/mol. The average Bonchev–Trinajstić information content (AvgIpc) is 2.71. The molecule has 2 aromatic heterocycles. The second-order valence-corrected chi connectivity index (χ2v) is 2.50. The maximum Gasteiger partial charge on any atom is 0.156 e. The van der Waals surface area contributed by atoms with Crippen molar-refractivity contribution in [1.29, 1.82) is 0 Å². The number of aromatic nitrogens is 3. The molecule has 0 saturated carbocycles. The molecule has 4 heteroatoms. The average molecular weight is 175 g/mol. The molecule has 0 atom stereocenters. The van der Waals surface area contributed by atoms with Gasteiger partial charge in [-0.2, -0.15) is 5.10 Å². The third-order valence-corrected chi connectivity index (χ3v) is 1.69. The summed E-state index contributed by atoms with van der Waals surface area (Å²) in [7, 11) is 1.63. The lowest BCUT2D eigenvalue weighted by Crippen LogP contribution is -1.97. The summed E-state index contributed by atoms with van der Waals surface area (Å²) in [5.74, 6) is 1.53. The van der Waals surface area contributed by atoms with Crippen molar-refractivity contribution in [3.8, 4) is 11.6 Å². The van der Waals surface area contributed by atoms with Gasteiger partial charge in [0.1, 0.15) is 5.75 Å². The first-order valence-electron chi connectivity index (χ1n) is 3.90. The Morgan fingerprint density at radius 3 is 3.00 bits per heavy atom. The summed E-state index contributed by atoms with van der Waals surface area (Å²) in [6.07, 6.45) is 5.23. The summed E-state index contributed by atoms with van der Waals surface area (Å²) in [5.41, 5.74) is 0. The van der Waals surface area contributed by atoms with Crippen LogP contribution in [0.1, 0.15) is 0 Å². The van der Waals surface area contributed by atoms with Crippen LogP contribution >= 0.6 is 0 Å². The maximum atomic E-state index is 5.07. The second kappa shape index (κ2) is 3.26. The van der Waals surface area contributed by atoms with E-state index in [1.54, 1.807) is 30.3 Å². The second-order valence-electron chi connectivity index (χ2n) is 2.50. The van der Waals surface area contributed by atoms with Gasteiger partial charge in [0.15, 0.2) is 5.82 Å². The zero-order chi connectivity index (χ0) is 9.10. The van der Waals surface area contributed by atoms with Gasteiger partial charge in [0.05, 0.1) is 7.11 Å². The molecular formula is C9H9N3O. The molecule has 0 spiro atoms. The Morgan fingerprint density at radius 1 is 1.38 bits per heavy atom. The Morgan fingerprint density at radius 2 is 2.31 bits per heavy atom. The van der Waals surface area contributed by atoms with Crippen molar-refractivity contribution in [2.24, 2.45) is 0 Å². The lowest BCUT2D eigenvalue weighted by molar-refractivity contribution is 0.414. The van der Waals surface area contributed by atoms with Crippen LogP contribution in [0.25, 0.3) is 5.82 Å². The molecule has 0 unspecified atom stereocenters. The zero-order valence-electron chi connectivity index (χ0n) is 7.21. The number of hydrogen-bond acceptors (Lipinski definition) is 3. The van der Waals surface area contributed by atoms with Crippen LogP contribution in [-0.2, 0) is 0 Å². The van der Waals surface area contributed by atoms with Crippen molar-refractivity contribution in [3.63, 3.8) is 0 Å². The number of pyridine rings is 1. The van der Waals surface area contributed by atoms with E-state index in [0.717, 1.165) is 11.6 Å². The number of rotatable bonds is 2. The molecule has 0 N–H and O–H groups in total.